The molecule has 0 rings (SSSR count). The van der Waals surface area contributed by atoms with Crippen molar-refractivity contribution in [2.75, 3.05) is 12.5 Å². The van der Waals surface area contributed by atoms with Crippen molar-refractivity contribution in [3.63, 3.8) is 0 Å². The number of hydrogen-bond acceptors (Lipinski definition) is 2. The lowest BCUT2D eigenvalue weighted by molar-refractivity contribution is -0.142. The molecule has 0 N–H and O–H groups in total. The molecule has 0 bridgehead atoms. The van der Waals surface area contributed by atoms with Gasteiger partial charge in [0, 0.05) is 0 Å². The van der Waals surface area contributed by atoms with Crippen LogP contribution in [0.3, 0.4) is 0 Å². The lowest BCUT2D eigenvalue weighted by Crippen LogP contribution is -2.16. The van der Waals surface area contributed by atoms with Crippen molar-refractivity contribution in [1.29, 1.82) is 0 Å². The molecule has 0 radical (unpaired) electrons. The summed E-state index contributed by atoms with van der Waals surface area (Å²) in [6.45, 7) is 7.06. The third-order valence-corrected chi connectivity index (χ3v) is 2.82. The fourth-order valence-corrected chi connectivity index (χ4v) is 1.41. The quantitative estimate of drug-likeness (QED) is 0.487. The molecule has 0 spiro atoms. The van der Waals surface area contributed by atoms with Gasteiger partial charge in [-0.2, -0.15) is 0 Å². The summed E-state index contributed by atoms with van der Waals surface area (Å²) in [5.74, 6) is 0.834. The van der Waals surface area contributed by atoms with Crippen LogP contribution in [0.5, 0.6) is 0 Å². The van der Waals surface area contributed by atoms with Crippen LogP contribution in [0.1, 0.15) is 40.0 Å². The third kappa shape index (κ3) is 6.25. The van der Waals surface area contributed by atoms with Gasteiger partial charge in [-0.25, -0.2) is 0 Å². The molecule has 0 aromatic carbocycles. The molecule has 3 heteroatoms. The van der Waals surface area contributed by atoms with Gasteiger partial charge in [0.05, 0.1) is 6.61 Å². The maximum absolute atomic E-state index is 10.8. The monoisotopic (exact) mass is 220 g/mol. The highest BCUT2D eigenvalue weighted by Crippen LogP contribution is 2.18. The van der Waals surface area contributed by atoms with Gasteiger partial charge in [0.15, 0.2) is 0 Å². The van der Waals surface area contributed by atoms with Crippen molar-refractivity contribution >= 4 is 17.6 Å². The first-order chi connectivity index (χ1) is 6.63. The van der Waals surface area contributed by atoms with Gasteiger partial charge < -0.3 is 4.74 Å². The summed E-state index contributed by atoms with van der Waals surface area (Å²) in [7, 11) is 0. The largest absolute Gasteiger partial charge is 0.465 e. The Hall–Kier alpha value is -0.240. The number of carbonyl (C=O) groups is 1. The number of rotatable bonds is 7. The van der Waals surface area contributed by atoms with Crippen LogP contribution in [0.2, 0.25) is 0 Å². The molecule has 0 aliphatic carbocycles. The molecular weight excluding hydrogens is 200 g/mol. The number of halogens is 1. The summed E-state index contributed by atoms with van der Waals surface area (Å²) in [6.07, 6.45) is 3.36. The van der Waals surface area contributed by atoms with Crippen LogP contribution in [-0.2, 0) is 9.53 Å². The third-order valence-electron chi connectivity index (χ3n) is 2.60. The Morgan fingerprint density at radius 2 is 2.00 bits per heavy atom. The molecule has 2 atom stereocenters. The topological polar surface area (TPSA) is 26.3 Å². The van der Waals surface area contributed by atoms with Gasteiger partial charge in [0.1, 0.15) is 5.88 Å². The zero-order valence-corrected chi connectivity index (χ0v) is 10.1. The summed E-state index contributed by atoms with van der Waals surface area (Å²) >= 11 is 5.34. The molecule has 0 aliphatic rings. The Balaban J connectivity index is 3.73. The van der Waals surface area contributed by atoms with E-state index in [1.165, 1.54) is 6.42 Å². The molecule has 84 valence electrons. The number of alkyl halides is 1. The highest BCUT2D eigenvalue weighted by atomic mass is 35.5. The fraction of sp³-hybridized carbons (Fsp3) is 0.909. The molecule has 0 heterocycles. The van der Waals surface area contributed by atoms with Gasteiger partial charge in [0.2, 0.25) is 0 Å². The lowest BCUT2D eigenvalue weighted by atomic mass is 9.93. The Morgan fingerprint density at radius 1 is 1.36 bits per heavy atom. The first-order valence-corrected chi connectivity index (χ1v) is 5.89. The van der Waals surface area contributed by atoms with Crippen molar-refractivity contribution < 1.29 is 9.53 Å². The summed E-state index contributed by atoms with van der Waals surface area (Å²) < 4.78 is 5.02. The smallest absolute Gasteiger partial charge is 0.320 e. The van der Waals surface area contributed by atoms with Gasteiger partial charge >= 0.3 is 5.97 Å². The number of hydrogen-bond donors (Lipinski definition) is 0. The Bertz CT molecular complexity index is 159. The van der Waals surface area contributed by atoms with Gasteiger partial charge in [-0.15, -0.1) is 11.6 Å². The van der Waals surface area contributed by atoms with E-state index in [0.717, 1.165) is 12.8 Å². The number of ether oxygens (including phenoxy) is 1. The lowest BCUT2D eigenvalue weighted by Gasteiger charge is -2.18. The Labute approximate surface area is 92.0 Å². The van der Waals surface area contributed by atoms with Crippen molar-refractivity contribution in [1.82, 2.24) is 0 Å². The predicted octanol–water partition coefficient (Wildman–Crippen LogP) is 3.23. The molecular formula is C11H21ClO2. The molecule has 0 saturated carbocycles. The zero-order valence-electron chi connectivity index (χ0n) is 9.38. The van der Waals surface area contributed by atoms with E-state index >= 15 is 0 Å². The standard InChI is InChI=1S/C11H21ClO2/c1-4-9(3)6-10(5-2)8-14-11(13)7-12/h9-10H,4-8H2,1-3H3. The van der Waals surface area contributed by atoms with Gasteiger partial charge in [-0.05, 0) is 18.3 Å². The van der Waals surface area contributed by atoms with Crippen molar-refractivity contribution in [2.24, 2.45) is 11.8 Å². The van der Waals surface area contributed by atoms with E-state index in [4.69, 9.17) is 16.3 Å². The molecule has 2 nitrogen and oxygen atoms in total. The Morgan fingerprint density at radius 3 is 2.43 bits per heavy atom. The van der Waals surface area contributed by atoms with Gasteiger partial charge in [-0.3, -0.25) is 4.79 Å². The first-order valence-electron chi connectivity index (χ1n) is 5.35. The SMILES string of the molecule is CCC(C)CC(CC)COC(=O)CCl. The fourth-order valence-electron chi connectivity index (χ4n) is 1.34. The van der Waals surface area contributed by atoms with Crippen molar-refractivity contribution in [3.8, 4) is 0 Å². The molecule has 0 fully saturated rings. The second kappa shape index (κ2) is 8.10. The van der Waals surface area contributed by atoms with E-state index in [1.807, 2.05) is 0 Å². The predicted molar refractivity (Wildman–Crippen MR) is 59.5 cm³/mol. The van der Waals surface area contributed by atoms with Crippen LogP contribution in [0, 0.1) is 11.8 Å². The number of carbonyl (C=O) groups excluding carboxylic acids is 1. The van der Waals surface area contributed by atoms with E-state index < -0.39 is 0 Å². The summed E-state index contributed by atoms with van der Waals surface area (Å²) in [6, 6.07) is 0. The molecule has 0 aromatic rings. The van der Waals surface area contributed by atoms with Crippen LogP contribution >= 0.6 is 11.6 Å². The minimum atomic E-state index is -0.311. The molecule has 0 aromatic heterocycles. The minimum Gasteiger partial charge on any atom is -0.465 e. The second-order valence-electron chi connectivity index (χ2n) is 3.84. The van der Waals surface area contributed by atoms with E-state index in [2.05, 4.69) is 20.8 Å². The van der Waals surface area contributed by atoms with Crippen molar-refractivity contribution in [2.45, 2.75) is 40.0 Å². The van der Waals surface area contributed by atoms with E-state index in [0.29, 0.717) is 18.4 Å². The maximum atomic E-state index is 10.8. The molecule has 0 aliphatic heterocycles. The van der Waals surface area contributed by atoms with Gasteiger partial charge in [-0.1, -0.05) is 33.6 Å². The number of esters is 1. The molecule has 2 unspecified atom stereocenters. The van der Waals surface area contributed by atoms with Crippen molar-refractivity contribution in [3.05, 3.63) is 0 Å². The van der Waals surface area contributed by atoms with Gasteiger partial charge in [0.25, 0.3) is 0 Å². The summed E-state index contributed by atoms with van der Waals surface area (Å²) in [4.78, 5) is 10.8. The van der Waals surface area contributed by atoms with Crippen LogP contribution in [0.4, 0.5) is 0 Å². The second-order valence-corrected chi connectivity index (χ2v) is 4.11. The van der Waals surface area contributed by atoms with Crippen LogP contribution < -0.4 is 0 Å². The summed E-state index contributed by atoms with van der Waals surface area (Å²) in [5, 5.41) is 0. The summed E-state index contributed by atoms with van der Waals surface area (Å²) in [5.41, 5.74) is 0. The van der Waals surface area contributed by atoms with Crippen LogP contribution in [0.25, 0.3) is 0 Å². The Kier molecular flexibility index (Phi) is 7.96. The average Bonchev–Trinajstić information content (AvgIpc) is 2.22. The van der Waals surface area contributed by atoms with E-state index in [9.17, 15) is 4.79 Å². The van der Waals surface area contributed by atoms with Crippen LogP contribution in [-0.4, -0.2) is 18.5 Å². The first kappa shape index (κ1) is 13.8. The zero-order chi connectivity index (χ0) is 11.0. The normalized spacial score (nSPS) is 14.9. The minimum absolute atomic E-state index is 0.0419. The maximum Gasteiger partial charge on any atom is 0.320 e. The van der Waals surface area contributed by atoms with E-state index in [-0.39, 0.29) is 11.8 Å². The highest BCUT2D eigenvalue weighted by Gasteiger charge is 2.12. The molecule has 0 amide bonds. The highest BCUT2D eigenvalue weighted by molar-refractivity contribution is 6.26. The van der Waals surface area contributed by atoms with Crippen LogP contribution in [0.15, 0.2) is 0 Å². The molecule has 0 saturated heterocycles. The van der Waals surface area contributed by atoms with E-state index in [1.54, 1.807) is 0 Å². The molecule has 14 heavy (non-hydrogen) atoms. The average molecular weight is 221 g/mol.